The summed E-state index contributed by atoms with van der Waals surface area (Å²) in [4.78, 5) is 16.4. The predicted molar refractivity (Wildman–Crippen MR) is 91.5 cm³/mol. The Kier molecular flexibility index (Phi) is 4.84. The highest BCUT2D eigenvalue weighted by atomic mass is 16.5. The summed E-state index contributed by atoms with van der Waals surface area (Å²) in [5.74, 6) is 0.797. The second kappa shape index (κ2) is 7.40. The van der Waals surface area contributed by atoms with Crippen molar-refractivity contribution in [3.05, 3.63) is 66.9 Å². The van der Waals surface area contributed by atoms with E-state index in [4.69, 9.17) is 4.74 Å². The van der Waals surface area contributed by atoms with E-state index < -0.39 is 0 Å². The summed E-state index contributed by atoms with van der Waals surface area (Å²) < 4.78 is 5.58. The number of pyridine rings is 1. The van der Waals surface area contributed by atoms with Crippen LogP contribution in [0.15, 0.2) is 66.9 Å². The molecular weight excluding hydrogens is 288 g/mol. The van der Waals surface area contributed by atoms with Gasteiger partial charge in [-0.25, -0.2) is 0 Å². The maximum atomic E-state index is 12.1. The van der Waals surface area contributed by atoms with Gasteiger partial charge in [-0.3, -0.25) is 9.78 Å². The van der Waals surface area contributed by atoms with Gasteiger partial charge in [0.1, 0.15) is 5.75 Å². The van der Waals surface area contributed by atoms with Gasteiger partial charge in [-0.15, -0.1) is 0 Å². The van der Waals surface area contributed by atoms with Gasteiger partial charge in [0.15, 0.2) is 0 Å². The summed E-state index contributed by atoms with van der Waals surface area (Å²) >= 11 is 0. The highest BCUT2D eigenvalue weighted by Gasteiger charge is 2.06. The van der Waals surface area contributed by atoms with Crippen molar-refractivity contribution in [1.29, 1.82) is 0 Å². The minimum atomic E-state index is -0.0279. The van der Waals surface area contributed by atoms with Crippen molar-refractivity contribution < 1.29 is 9.53 Å². The summed E-state index contributed by atoms with van der Waals surface area (Å²) in [5, 5.41) is 3.94. The Hall–Kier alpha value is -2.88. The van der Waals surface area contributed by atoms with Crippen LogP contribution in [0.4, 0.5) is 5.69 Å². The van der Waals surface area contributed by atoms with E-state index in [1.54, 1.807) is 6.20 Å². The monoisotopic (exact) mass is 306 g/mol. The van der Waals surface area contributed by atoms with Gasteiger partial charge in [0, 0.05) is 18.0 Å². The van der Waals surface area contributed by atoms with Gasteiger partial charge in [-0.05, 0) is 30.7 Å². The van der Waals surface area contributed by atoms with Crippen LogP contribution in [0.5, 0.6) is 5.75 Å². The van der Waals surface area contributed by atoms with Crippen molar-refractivity contribution in [3.8, 4) is 5.75 Å². The highest BCUT2D eigenvalue weighted by Crippen LogP contribution is 2.20. The first-order chi connectivity index (χ1) is 11.3. The minimum Gasteiger partial charge on any atom is -0.494 e. The van der Waals surface area contributed by atoms with Crippen molar-refractivity contribution in [3.63, 3.8) is 0 Å². The maximum Gasteiger partial charge on any atom is 0.224 e. The first kappa shape index (κ1) is 15.0. The van der Waals surface area contributed by atoms with Gasteiger partial charge in [-0.2, -0.15) is 0 Å². The standard InChI is InChI=1S/C19H18N2O2/c22-18(12-6-14-23-16-9-2-1-3-10-16)21-17-11-4-7-15-8-5-13-20-19(15)17/h1-5,7-11,13H,6,12,14H2,(H,21,22). The molecule has 3 rings (SSSR count). The molecule has 23 heavy (non-hydrogen) atoms. The molecule has 0 radical (unpaired) electrons. The fourth-order valence-corrected chi connectivity index (χ4v) is 2.36. The lowest BCUT2D eigenvalue weighted by molar-refractivity contribution is -0.116. The lowest BCUT2D eigenvalue weighted by Gasteiger charge is -2.08. The highest BCUT2D eigenvalue weighted by molar-refractivity contribution is 6.00. The molecule has 0 spiro atoms. The van der Waals surface area contributed by atoms with Gasteiger partial charge in [0.2, 0.25) is 5.91 Å². The molecule has 0 bridgehead atoms. The average Bonchev–Trinajstić information content (AvgIpc) is 2.60. The number of aromatic nitrogens is 1. The molecule has 116 valence electrons. The number of hydrogen-bond donors (Lipinski definition) is 1. The molecule has 4 nitrogen and oxygen atoms in total. The Labute approximate surface area is 135 Å². The zero-order valence-electron chi connectivity index (χ0n) is 12.7. The molecule has 1 heterocycles. The second-order valence-corrected chi connectivity index (χ2v) is 5.19. The van der Waals surface area contributed by atoms with Gasteiger partial charge in [-0.1, -0.05) is 36.4 Å². The first-order valence-corrected chi connectivity index (χ1v) is 7.64. The number of hydrogen-bond acceptors (Lipinski definition) is 3. The van der Waals surface area contributed by atoms with Crippen molar-refractivity contribution in [2.45, 2.75) is 12.8 Å². The van der Waals surface area contributed by atoms with Crippen LogP contribution in [0, 0.1) is 0 Å². The number of carbonyl (C=O) groups is 1. The quantitative estimate of drug-likeness (QED) is 0.699. The Morgan fingerprint density at radius 1 is 1.00 bits per heavy atom. The largest absolute Gasteiger partial charge is 0.494 e. The van der Waals surface area contributed by atoms with Crippen LogP contribution < -0.4 is 10.1 Å². The third-order valence-electron chi connectivity index (χ3n) is 3.47. The van der Waals surface area contributed by atoms with E-state index in [1.165, 1.54) is 0 Å². The van der Waals surface area contributed by atoms with Crippen LogP contribution in [-0.4, -0.2) is 17.5 Å². The average molecular weight is 306 g/mol. The summed E-state index contributed by atoms with van der Waals surface area (Å²) in [6.07, 6.45) is 2.81. The van der Waals surface area contributed by atoms with E-state index in [9.17, 15) is 4.79 Å². The van der Waals surface area contributed by atoms with Crippen LogP contribution in [0.25, 0.3) is 10.9 Å². The third kappa shape index (κ3) is 4.07. The van der Waals surface area contributed by atoms with Crippen LogP contribution in [0.1, 0.15) is 12.8 Å². The number of carbonyl (C=O) groups excluding carboxylic acids is 1. The van der Waals surface area contributed by atoms with Crippen molar-refractivity contribution in [2.75, 3.05) is 11.9 Å². The number of para-hydroxylation sites is 2. The molecule has 1 amide bonds. The molecule has 1 aromatic heterocycles. The molecule has 2 aromatic carbocycles. The van der Waals surface area contributed by atoms with Crippen molar-refractivity contribution in [2.24, 2.45) is 0 Å². The number of benzene rings is 2. The Morgan fingerprint density at radius 2 is 1.83 bits per heavy atom. The van der Waals surface area contributed by atoms with Crippen LogP contribution in [-0.2, 0) is 4.79 Å². The Balaban J connectivity index is 1.51. The zero-order chi connectivity index (χ0) is 15.9. The molecule has 0 atom stereocenters. The minimum absolute atomic E-state index is 0.0279. The molecule has 0 aliphatic heterocycles. The van der Waals surface area contributed by atoms with E-state index in [-0.39, 0.29) is 5.91 Å². The summed E-state index contributed by atoms with van der Waals surface area (Å²) in [7, 11) is 0. The molecular formula is C19H18N2O2. The van der Waals surface area contributed by atoms with E-state index in [2.05, 4.69) is 10.3 Å². The molecule has 0 fully saturated rings. The van der Waals surface area contributed by atoms with E-state index in [1.807, 2.05) is 60.7 Å². The van der Waals surface area contributed by atoms with Crippen LogP contribution in [0.2, 0.25) is 0 Å². The number of anilines is 1. The molecule has 0 aliphatic carbocycles. The van der Waals surface area contributed by atoms with Crippen molar-refractivity contribution in [1.82, 2.24) is 4.98 Å². The first-order valence-electron chi connectivity index (χ1n) is 7.64. The summed E-state index contributed by atoms with van der Waals surface area (Å²) in [6, 6.07) is 19.2. The number of ether oxygens (including phenoxy) is 1. The van der Waals surface area contributed by atoms with Crippen LogP contribution >= 0.6 is 0 Å². The Morgan fingerprint density at radius 3 is 2.70 bits per heavy atom. The molecule has 0 aliphatic rings. The topological polar surface area (TPSA) is 51.2 Å². The normalized spacial score (nSPS) is 10.4. The molecule has 0 saturated heterocycles. The summed E-state index contributed by atoms with van der Waals surface area (Å²) in [5.41, 5.74) is 1.56. The smallest absolute Gasteiger partial charge is 0.224 e. The van der Waals surface area contributed by atoms with Crippen LogP contribution in [0.3, 0.4) is 0 Å². The second-order valence-electron chi connectivity index (χ2n) is 5.19. The fourth-order valence-electron chi connectivity index (χ4n) is 2.36. The predicted octanol–water partition coefficient (Wildman–Crippen LogP) is 4.03. The molecule has 1 N–H and O–H groups in total. The zero-order valence-corrected chi connectivity index (χ0v) is 12.7. The number of amides is 1. The lowest BCUT2D eigenvalue weighted by Crippen LogP contribution is -2.13. The molecule has 0 unspecified atom stereocenters. The number of rotatable bonds is 6. The van der Waals surface area contributed by atoms with E-state index in [0.29, 0.717) is 19.4 Å². The molecule has 4 heteroatoms. The van der Waals surface area contributed by atoms with E-state index >= 15 is 0 Å². The lowest BCUT2D eigenvalue weighted by atomic mass is 10.2. The Bertz CT molecular complexity index is 782. The number of nitrogens with zero attached hydrogens (tertiary/aromatic N) is 1. The molecule has 0 saturated carbocycles. The summed E-state index contributed by atoms with van der Waals surface area (Å²) in [6.45, 7) is 0.519. The number of nitrogens with one attached hydrogen (secondary N) is 1. The van der Waals surface area contributed by atoms with Gasteiger partial charge in [0.05, 0.1) is 17.8 Å². The SMILES string of the molecule is O=C(CCCOc1ccccc1)Nc1cccc2cccnc12. The van der Waals surface area contributed by atoms with Gasteiger partial charge in [0.25, 0.3) is 0 Å². The molecule has 3 aromatic rings. The van der Waals surface area contributed by atoms with Gasteiger partial charge >= 0.3 is 0 Å². The van der Waals surface area contributed by atoms with Crippen molar-refractivity contribution >= 4 is 22.5 Å². The number of fused-ring (bicyclic) bond motifs is 1. The third-order valence-corrected chi connectivity index (χ3v) is 3.47. The van der Waals surface area contributed by atoms with E-state index in [0.717, 1.165) is 22.3 Å². The maximum absolute atomic E-state index is 12.1. The fraction of sp³-hybridized carbons (Fsp3) is 0.158. The van der Waals surface area contributed by atoms with Gasteiger partial charge < -0.3 is 10.1 Å².